The van der Waals surface area contributed by atoms with E-state index in [1.165, 1.54) is 12.1 Å². The first-order valence-electron chi connectivity index (χ1n) is 9.17. The lowest BCUT2D eigenvalue weighted by Gasteiger charge is -2.32. The summed E-state index contributed by atoms with van der Waals surface area (Å²) in [5.41, 5.74) is 2.88. The number of hydrogen-bond acceptors (Lipinski definition) is 5. The Bertz CT molecular complexity index is 827. The van der Waals surface area contributed by atoms with Gasteiger partial charge in [-0.15, -0.1) is 0 Å². The van der Waals surface area contributed by atoms with Crippen LogP contribution >= 0.6 is 0 Å². The van der Waals surface area contributed by atoms with E-state index >= 15 is 0 Å². The molecule has 2 amide bonds. The summed E-state index contributed by atoms with van der Waals surface area (Å²) in [5.74, 6) is -1.47. The first-order valence-corrected chi connectivity index (χ1v) is 9.17. The first kappa shape index (κ1) is 19.3. The number of amides is 2. The predicted octanol–water partition coefficient (Wildman–Crippen LogP) is 2.84. The van der Waals surface area contributed by atoms with Gasteiger partial charge in [-0.3, -0.25) is 14.8 Å². The second-order valence-corrected chi connectivity index (χ2v) is 7.39. The van der Waals surface area contributed by atoms with Crippen molar-refractivity contribution in [1.82, 2.24) is 15.5 Å². The Morgan fingerprint density at radius 2 is 2.07 bits per heavy atom. The predicted molar refractivity (Wildman–Crippen MR) is 95.4 cm³/mol. The second kappa shape index (κ2) is 8.04. The Hall–Kier alpha value is -2.48. The van der Waals surface area contributed by atoms with Crippen molar-refractivity contribution in [2.75, 3.05) is 13.1 Å². The molecule has 0 spiro atoms. The monoisotopic (exact) mass is 377 g/mol. The van der Waals surface area contributed by atoms with Crippen LogP contribution in [-0.4, -0.2) is 40.2 Å². The molecule has 1 aromatic carbocycles. The van der Waals surface area contributed by atoms with Crippen LogP contribution in [0.4, 0.5) is 4.39 Å². The molecule has 1 aliphatic heterocycles. The SMILES string of the molecule is CC(C)[C@H](CC(=O)N1CCC(c2noc3cc(F)ccc23)CC1)C(=O)NO. The first-order chi connectivity index (χ1) is 12.9. The van der Waals surface area contributed by atoms with Gasteiger partial charge >= 0.3 is 0 Å². The average Bonchev–Trinajstić information content (AvgIpc) is 3.08. The van der Waals surface area contributed by atoms with Gasteiger partial charge in [0.1, 0.15) is 5.82 Å². The van der Waals surface area contributed by atoms with Crippen LogP contribution < -0.4 is 5.48 Å². The normalized spacial score (nSPS) is 16.7. The minimum Gasteiger partial charge on any atom is -0.356 e. The quantitative estimate of drug-likeness (QED) is 0.617. The van der Waals surface area contributed by atoms with E-state index in [0.29, 0.717) is 18.7 Å². The fraction of sp³-hybridized carbons (Fsp3) is 0.526. The summed E-state index contributed by atoms with van der Waals surface area (Å²) in [6.45, 7) is 4.81. The lowest BCUT2D eigenvalue weighted by atomic mass is 9.89. The number of hydroxylamine groups is 1. The molecule has 0 radical (unpaired) electrons. The van der Waals surface area contributed by atoms with Gasteiger partial charge in [-0.25, -0.2) is 9.87 Å². The van der Waals surface area contributed by atoms with E-state index in [2.05, 4.69) is 5.16 Å². The molecule has 0 unspecified atom stereocenters. The molecule has 146 valence electrons. The van der Waals surface area contributed by atoms with Crippen molar-refractivity contribution in [3.05, 3.63) is 29.7 Å². The van der Waals surface area contributed by atoms with Crippen LogP contribution in [-0.2, 0) is 9.59 Å². The van der Waals surface area contributed by atoms with E-state index in [4.69, 9.17) is 9.73 Å². The number of carbonyl (C=O) groups is 2. The van der Waals surface area contributed by atoms with E-state index in [1.54, 1.807) is 16.4 Å². The number of rotatable bonds is 5. The molecule has 0 aliphatic carbocycles. The van der Waals surface area contributed by atoms with Gasteiger partial charge in [0.25, 0.3) is 0 Å². The zero-order valence-corrected chi connectivity index (χ0v) is 15.4. The summed E-state index contributed by atoms with van der Waals surface area (Å²) in [6, 6.07) is 4.39. The zero-order valence-electron chi connectivity index (χ0n) is 15.4. The highest BCUT2D eigenvalue weighted by molar-refractivity contribution is 5.85. The highest BCUT2D eigenvalue weighted by Gasteiger charge is 2.31. The van der Waals surface area contributed by atoms with Crippen LogP contribution in [0.5, 0.6) is 0 Å². The Morgan fingerprint density at radius 3 is 2.70 bits per heavy atom. The van der Waals surface area contributed by atoms with Crippen LogP contribution in [0.3, 0.4) is 0 Å². The van der Waals surface area contributed by atoms with Crippen molar-refractivity contribution >= 4 is 22.8 Å². The molecule has 2 heterocycles. The topological polar surface area (TPSA) is 95.7 Å². The Balaban J connectivity index is 1.62. The molecular weight excluding hydrogens is 353 g/mol. The average molecular weight is 377 g/mol. The smallest absolute Gasteiger partial charge is 0.247 e. The highest BCUT2D eigenvalue weighted by Crippen LogP contribution is 2.33. The molecule has 2 N–H and O–H groups in total. The molecule has 1 saturated heterocycles. The molecule has 1 atom stereocenters. The van der Waals surface area contributed by atoms with E-state index in [0.717, 1.165) is 23.9 Å². The van der Waals surface area contributed by atoms with Gasteiger partial charge in [0.2, 0.25) is 11.8 Å². The van der Waals surface area contributed by atoms with E-state index < -0.39 is 11.8 Å². The third-order valence-electron chi connectivity index (χ3n) is 5.34. The molecule has 1 aliphatic rings. The van der Waals surface area contributed by atoms with Crippen LogP contribution in [0.2, 0.25) is 0 Å². The zero-order chi connectivity index (χ0) is 19.6. The number of hydrogen-bond donors (Lipinski definition) is 2. The number of aromatic nitrogens is 1. The number of fused-ring (bicyclic) bond motifs is 1. The van der Waals surface area contributed by atoms with Crippen molar-refractivity contribution < 1.29 is 23.7 Å². The summed E-state index contributed by atoms with van der Waals surface area (Å²) < 4.78 is 18.5. The lowest BCUT2D eigenvalue weighted by Crippen LogP contribution is -2.41. The van der Waals surface area contributed by atoms with E-state index in [1.807, 2.05) is 13.8 Å². The van der Waals surface area contributed by atoms with E-state index in [-0.39, 0.29) is 30.0 Å². The number of halogens is 1. The number of piperidine rings is 1. The standard InChI is InChI=1S/C19H24FN3O4/c1-11(2)15(19(25)21-26)10-17(24)23-7-5-12(6-8-23)18-14-4-3-13(20)9-16(14)27-22-18/h3-4,9,11-12,15,26H,5-8,10H2,1-2H3,(H,21,25)/t15-/m0/s1. The lowest BCUT2D eigenvalue weighted by molar-refractivity contribution is -0.141. The third-order valence-corrected chi connectivity index (χ3v) is 5.34. The van der Waals surface area contributed by atoms with Crippen molar-refractivity contribution in [3.8, 4) is 0 Å². The summed E-state index contributed by atoms with van der Waals surface area (Å²) >= 11 is 0. The van der Waals surface area contributed by atoms with Gasteiger partial charge in [0.15, 0.2) is 5.58 Å². The summed E-state index contributed by atoms with van der Waals surface area (Å²) in [6.07, 6.45) is 1.52. The molecule has 3 rings (SSSR count). The molecule has 0 bridgehead atoms. The number of nitrogens with zero attached hydrogens (tertiary/aromatic N) is 2. The molecule has 1 aromatic heterocycles. The van der Waals surface area contributed by atoms with Crippen LogP contribution in [0.25, 0.3) is 11.0 Å². The van der Waals surface area contributed by atoms with Gasteiger partial charge in [-0.1, -0.05) is 19.0 Å². The Kier molecular flexibility index (Phi) is 5.74. The second-order valence-electron chi connectivity index (χ2n) is 7.39. The number of nitrogens with one attached hydrogen (secondary N) is 1. The van der Waals surface area contributed by atoms with Gasteiger partial charge < -0.3 is 9.42 Å². The molecule has 27 heavy (non-hydrogen) atoms. The minimum atomic E-state index is -0.561. The van der Waals surface area contributed by atoms with Gasteiger partial charge in [-0.05, 0) is 30.9 Å². The van der Waals surface area contributed by atoms with Crippen molar-refractivity contribution in [2.45, 2.75) is 39.0 Å². The van der Waals surface area contributed by atoms with Crippen LogP contribution in [0.1, 0.15) is 44.7 Å². The number of carbonyl (C=O) groups excluding carboxylic acids is 2. The van der Waals surface area contributed by atoms with Gasteiger partial charge in [-0.2, -0.15) is 0 Å². The molecular formula is C19H24FN3O4. The molecule has 0 saturated carbocycles. The highest BCUT2D eigenvalue weighted by atomic mass is 19.1. The fourth-order valence-electron chi connectivity index (χ4n) is 3.66. The van der Waals surface area contributed by atoms with Crippen molar-refractivity contribution in [2.24, 2.45) is 11.8 Å². The largest absolute Gasteiger partial charge is 0.356 e. The summed E-state index contributed by atoms with van der Waals surface area (Å²) in [7, 11) is 0. The maximum absolute atomic E-state index is 13.3. The van der Waals surface area contributed by atoms with Crippen molar-refractivity contribution in [3.63, 3.8) is 0 Å². The van der Waals surface area contributed by atoms with Crippen LogP contribution in [0, 0.1) is 17.7 Å². The third kappa shape index (κ3) is 4.10. The maximum Gasteiger partial charge on any atom is 0.247 e. The van der Waals surface area contributed by atoms with E-state index in [9.17, 15) is 14.0 Å². The van der Waals surface area contributed by atoms with Crippen molar-refractivity contribution in [1.29, 1.82) is 0 Å². The maximum atomic E-state index is 13.3. The fourth-order valence-corrected chi connectivity index (χ4v) is 3.66. The number of likely N-dealkylation sites (tertiary alicyclic amines) is 1. The number of benzene rings is 1. The molecule has 8 heteroatoms. The molecule has 2 aromatic rings. The molecule has 1 fully saturated rings. The van der Waals surface area contributed by atoms with Gasteiger partial charge in [0.05, 0.1) is 11.6 Å². The Labute approximate surface area is 156 Å². The summed E-state index contributed by atoms with van der Waals surface area (Å²) in [5, 5.41) is 13.8. The minimum absolute atomic E-state index is 0.0551. The van der Waals surface area contributed by atoms with Crippen LogP contribution in [0.15, 0.2) is 22.7 Å². The Morgan fingerprint density at radius 1 is 1.37 bits per heavy atom. The van der Waals surface area contributed by atoms with Gasteiger partial charge in [0, 0.05) is 36.9 Å². The summed E-state index contributed by atoms with van der Waals surface area (Å²) in [4.78, 5) is 26.1. The molecule has 7 nitrogen and oxygen atoms in total.